The fourth-order valence-electron chi connectivity index (χ4n) is 1.32. The van der Waals surface area contributed by atoms with E-state index in [1.54, 1.807) is 18.7 Å². The first-order valence-electron chi connectivity index (χ1n) is 6.29. The number of ether oxygens (including phenoxy) is 1. The number of nitrogens with two attached hydrogens (primary N) is 1. The molecule has 0 aliphatic rings. The second-order valence-corrected chi connectivity index (χ2v) is 5.19. The molecule has 5 nitrogen and oxygen atoms in total. The van der Waals surface area contributed by atoms with E-state index >= 15 is 0 Å². The molecule has 0 amide bonds. The van der Waals surface area contributed by atoms with Crippen molar-refractivity contribution >= 4 is 23.7 Å². The monoisotopic (exact) mass is 277 g/mol. The van der Waals surface area contributed by atoms with Crippen LogP contribution >= 0.6 is 11.8 Å². The van der Waals surface area contributed by atoms with Crippen molar-refractivity contribution in [3.05, 3.63) is 0 Å². The molecule has 3 N–H and O–H groups in total. The molecule has 6 heteroatoms. The molecule has 0 heterocycles. The SMILES string of the molecule is CCOC(=O)CCCCCSCCC(N)C(=O)O. The van der Waals surface area contributed by atoms with Gasteiger partial charge in [-0.3, -0.25) is 9.59 Å². The molecule has 0 fully saturated rings. The molecule has 106 valence electrons. The van der Waals surface area contributed by atoms with Gasteiger partial charge in [0.15, 0.2) is 0 Å². The molecule has 0 aliphatic heterocycles. The van der Waals surface area contributed by atoms with Gasteiger partial charge in [-0.05, 0) is 37.7 Å². The third-order valence-corrected chi connectivity index (χ3v) is 3.47. The standard InChI is InChI=1S/C12H23NO4S/c1-2-17-11(14)6-4-3-5-8-18-9-7-10(13)12(15)16/h10H,2-9,13H2,1H3,(H,15,16). The number of carboxylic acid groups (broad SMARTS) is 1. The number of hydrogen-bond acceptors (Lipinski definition) is 5. The fraction of sp³-hybridized carbons (Fsp3) is 0.833. The van der Waals surface area contributed by atoms with E-state index in [0.29, 0.717) is 19.4 Å². The van der Waals surface area contributed by atoms with Crippen LogP contribution in [0.5, 0.6) is 0 Å². The van der Waals surface area contributed by atoms with Gasteiger partial charge in [-0.2, -0.15) is 11.8 Å². The van der Waals surface area contributed by atoms with Crippen LogP contribution in [0.1, 0.15) is 39.0 Å². The number of hydrogen-bond donors (Lipinski definition) is 2. The maximum absolute atomic E-state index is 11.0. The van der Waals surface area contributed by atoms with Gasteiger partial charge in [0.25, 0.3) is 0 Å². The van der Waals surface area contributed by atoms with Crippen molar-refractivity contribution in [2.75, 3.05) is 18.1 Å². The highest BCUT2D eigenvalue weighted by atomic mass is 32.2. The minimum Gasteiger partial charge on any atom is -0.480 e. The van der Waals surface area contributed by atoms with Gasteiger partial charge in [-0.25, -0.2) is 0 Å². The molecule has 0 rings (SSSR count). The van der Waals surface area contributed by atoms with E-state index in [9.17, 15) is 9.59 Å². The van der Waals surface area contributed by atoms with Gasteiger partial charge >= 0.3 is 11.9 Å². The van der Waals surface area contributed by atoms with Crippen LogP contribution in [0.15, 0.2) is 0 Å². The Morgan fingerprint density at radius 3 is 2.61 bits per heavy atom. The van der Waals surface area contributed by atoms with E-state index in [2.05, 4.69) is 0 Å². The number of thioether (sulfide) groups is 1. The highest BCUT2D eigenvalue weighted by Crippen LogP contribution is 2.10. The lowest BCUT2D eigenvalue weighted by Gasteiger charge is -2.05. The summed E-state index contributed by atoms with van der Waals surface area (Å²) in [5.41, 5.74) is 5.38. The van der Waals surface area contributed by atoms with Crippen molar-refractivity contribution < 1.29 is 19.4 Å². The van der Waals surface area contributed by atoms with Gasteiger partial charge in [-0.1, -0.05) is 6.42 Å². The van der Waals surface area contributed by atoms with Gasteiger partial charge in [0.2, 0.25) is 0 Å². The summed E-state index contributed by atoms with van der Waals surface area (Å²) >= 11 is 1.71. The molecule has 0 saturated heterocycles. The van der Waals surface area contributed by atoms with Crippen LogP contribution in [-0.4, -0.2) is 41.2 Å². The van der Waals surface area contributed by atoms with Gasteiger partial charge in [0, 0.05) is 6.42 Å². The summed E-state index contributed by atoms with van der Waals surface area (Å²) in [5.74, 6) is 0.683. The topological polar surface area (TPSA) is 89.6 Å². The maximum Gasteiger partial charge on any atom is 0.320 e. The molecule has 1 atom stereocenters. The van der Waals surface area contributed by atoms with Crippen molar-refractivity contribution in [2.24, 2.45) is 5.73 Å². The lowest BCUT2D eigenvalue weighted by molar-refractivity contribution is -0.143. The van der Waals surface area contributed by atoms with Crippen LogP contribution < -0.4 is 5.73 Å². The van der Waals surface area contributed by atoms with Crippen LogP contribution in [-0.2, 0) is 14.3 Å². The molecular formula is C12H23NO4S. The van der Waals surface area contributed by atoms with Gasteiger partial charge in [0.05, 0.1) is 6.61 Å². The van der Waals surface area contributed by atoms with E-state index < -0.39 is 12.0 Å². The molecule has 0 aromatic heterocycles. The Labute approximate surface area is 112 Å². The number of carbonyl (C=O) groups is 2. The summed E-state index contributed by atoms with van der Waals surface area (Å²) in [7, 11) is 0. The summed E-state index contributed by atoms with van der Waals surface area (Å²) in [4.78, 5) is 21.5. The molecule has 0 spiro atoms. The van der Waals surface area contributed by atoms with Crippen molar-refractivity contribution in [3.63, 3.8) is 0 Å². The molecule has 0 radical (unpaired) electrons. The number of esters is 1. The Morgan fingerprint density at radius 1 is 1.28 bits per heavy atom. The smallest absolute Gasteiger partial charge is 0.320 e. The van der Waals surface area contributed by atoms with E-state index in [0.717, 1.165) is 30.8 Å². The normalized spacial score (nSPS) is 12.1. The Kier molecular flexibility index (Phi) is 10.9. The lowest BCUT2D eigenvalue weighted by Crippen LogP contribution is -2.30. The molecule has 0 saturated carbocycles. The summed E-state index contributed by atoms with van der Waals surface area (Å²) in [6.07, 6.45) is 3.88. The van der Waals surface area contributed by atoms with Crippen LogP contribution in [0, 0.1) is 0 Å². The molecule has 0 bridgehead atoms. The number of aliphatic carboxylic acids is 1. The molecule has 0 aliphatic carbocycles. The molecule has 0 aromatic carbocycles. The largest absolute Gasteiger partial charge is 0.480 e. The average Bonchev–Trinajstić information content (AvgIpc) is 2.32. The van der Waals surface area contributed by atoms with Gasteiger partial charge < -0.3 is 15.6 Å². The third-order valence-electron chi connectivity index (χ3n) is 2.37. The fourth-order valence-corrected chi connectivity index (χ4v) is 2.35. The Balaban J connectivity index is 3.21. The summed E-state index contributed by atoms with van der Waals surface area (Å²) < 4.78 is 4.82. The van der Waals surface area contributed by atoms with Gasteiger partial charge in [-0.15, -0.1) is 0 Å². The Morgan fingerprint density at radius 2 is 2.00 bits per heavy atom. The van der Waals surface area contributed by atoms with E-state index in [1.165, 1.54) is 0 Å². The summed E-state index contributed by atoms with van der Waals surface area (Å²) in [6, 6.07) is -0.749. The van der Waals surface area contributed by atoms with Crippen LogP contribution in [0.4, 0.5) is 0 Å². The number of unbranched alkanes of at least 4 members (excludes halogenated alkanes) is 2. The molecule has 1 unspecified atom stereocenters. The van der Waals surface area contributed by atoms with E-state index in [1.807, 2.05) is 0 Å². The summed E-state index contributed by atoms with van der Waals surface area (Å²) in [5, 5.41) is 8.57. The van der Waals surface area contributed by atoms with E-state index in [4.69, 9.17) is 15.6 Å². The maximum atomic E-state index is 11.0. The van der Waals surface area contributed by atoms with Crippen molar-refractivity contribution in [2.45, 2.75) is 45.1 Å². The number of carbonyl (C=O) groups excluding carboxylic acids is 1. The lowest BCUT2D eigenvalue weighted by atomic mass is 10.2. The predicted molar refractivity (Wildman–Crippen MR) is 72.7 cm³/mol. The predicted octanol–water partition coefficient (Wildman–Crippen LogP) is 1.65. The van der Waals surface area contributed by atoms with E-state index in [-0.39, 0.29) is 5.97 Å². The number of rotatable bonds is 11. The highest BCUT2D eigenvalue weighted by Gasteiger charge is 2.09. The van der Waals surface area contributed by atoms with Crippen molar-refractivity contribution in [1.82, 2.24) is 0 Å². The van der Waals surface area contributed by atoms with Crippen LogP contribution in [0.2, 0.25) is 0 Å². The second kappa shape index (κ2) is 11.3. The Hall–Kier alpha value is -0.750. The minimum absolute atomic E-state index is 0.127. The van der Waals surface area contributed by atoms with Crippen molar-refractivity contribution in [3.8, 4) is 0 Å². The first kappa shape index (κ1) is 17.2. The highest BCUT2D eigenvalue weighted by molar-refractivity contribution is 7.99. The zero-order valence-electron chi connectivity index (χ0n) is 10.9. The van der Waals surface area contributed by atoms with Crippen molar-refractivity contribution in [1.29, 1.82) is 0 Å². The van der Waals surface area contributed by atoms with Crippen LogP contribution in [0.3, 0.4) is 0 Å². The van der Waals surface area contributed by atoms with Gasteiger partial charge in [0.1, 0.15) is 6.04 Å². The molecule has 18 heavy (non-hydrogen) atoms. The zero-order valence-corrected chi connectivity index (χ0v) is 11.7. The average molecular weight is 277 g/mol. The Bertz CT molecular complexity index is 248. The van der Waals surface area contributed by atoms with Crippen LogP contribution in [0.25, 0.3) is 0 Å². The second-order valence-electron chi connectivity index (χ2n) is 3.96. The first-order valence-corrected chi connectivity index (χ1v) is 7.45. The first-order chi connectivity index (χ1) is 8.57. The summed E-state index contributed by atoms with van der Waals surface area (Å²) in [6.45, 7) is 2.24. The number of carboxylic acids is 1. The molecular weight excluding hydrogens is 254 g/mol. The zero-order chi connectivity index (χ0) is 13.8. The minimum atomic E-state index is -0.940. The molecule has 0 aromatic rings. The quantitative estimate of drug-likeness (QED) is 0.441. The third kappa shape index (κ3) is 10.4.